The van der Waals surface area contributed by atoms with Crippen molar-refractivity contribution >= 4 is 31.8 Å². The first-order chi connectivity index (χ1) is 3.79. The molecule has 62 valence electrons. The van der Waals surface area contributed by atoms with E-state index in [2.05, 4.69) is 0 Å². The van der Waals surface area contributed by atoms with Crippen molar-refractivity contribution in [3.05, 3.63) is 0 Å². The first-order valence-corrected chi connectivity index (χ1v) is 2.99. The quantitative estimate of drug-likeness (QED) is 0.483. The fourth-order valence-electron chi connectivity index (χ4n) is 0.729. The predicted molar refractivity (Wildman–Crippen MR) is 32.7 cm³/mol. The Morgan fingerprint density at radius 2 is 1.82 bits per heavy atom. The molecule has 0 aliphatic heterocycles. The van der Waals surface area contributed by atoms with Gasteiger partial charge in [-0.1, -0.05) is 12.8 Å². The van der Waals surface area contributed by atoms with Crippen LogP contribution in [0.15, 0.2) is 0 Å². The minimum absolute atomic E-state index is 0. The summed E-state index contributed by atoms with van der Waals surface area (Å²) in [4.78, 5) is 9.82. The summed E-state index contributed by atoms with van der Waals surface area (Å²) in [7, 11) is 0. The molecule has 0 N–H and O–H groups in total. The van der Waals surface area contributed by atoms with Crippen LogP contribution >= 0.6 is 0 Å². The maximum absolute atomic E-state index is 9.82. The number of aliphatic carboxylic acids is 1. The fraction of sp³-hybridized carbons (Fsp3) is 0.833. The van der Waals surface area contributed by atoms with Crippen molar-refractivity contribution in [3.63, 3.8) is 0 Å². The van der Waals surface area contributed by atoms with Gasteiger partial charge in [-0.2, -0.15) is 0 Å². The zero-order chi connectivity index (χ0) is 5.98. The molecule has 0 heterocycles. The summed E-state index contributed by atoms with van der Waals surface area (Å²) >= 11 is 0. The molecule has 0 atom stereocenters. The molecule has 0 radical (unpaired) electrons. The van der Waals surface area contributed by atoms with Crippen molar-refractivity contribution in [2.75, 3.05) is 0 Å². The number of carboxylic acids is 1. The second-order valence-electron chi connectivity index (χ2n) is 2.35. The van der Waals surface area contributed by atoms with Gasteiger partial charge in [0.25, 0.3) is 0 Å². The van der Waals surface area contributed by atoms with Crippen molar-refractivity contribution in [1.82, 2.24) is 0 Å². The SMILES string of the molecule is O=C([O-])CCC1CC1.[Br-].[Br-].[In+3]. The molecular formula is C6H9Br2InO2. The Morgan fingerprint density at radius 1 is 1.36 bits per heavy atom. The molecule has 1 aliphatic carbocycles. The number of hydrogen-bond donors (Lipinski definition) is 0. The molecule has 1 rings (SSSR count). The van der Waals surface area contributed by atoms with Crippen molar-refractivity contribution in [2.45, 2.75) is 25.7 Å². The van der Waals surface area contributed by atoms with E-state index in [1.807, 2.05) is 0 Å². The predicted octanol–water partition coefficient (Wildman–Crippen LogP) is -6.45. The third-order valence-corrected chi connectivity index (χ3v) is 1.45. The topological polar surface area (TPSA) is 40.1 Å². The van der Waals surface area contributed by atoms with Crippen LogP contribution in [0.2, 0.25) is 0 Å². The average molecular weight is 388 g/mol. The molecule has 11 heavy (non-hydrogen) atoms. The van der Waals surface area contributed by atoms with E-state index in [-0.39, 0.29) is 66.2 Å². The van der Waals surface area contributed by atoms with Crippen LogP contribution in [0.5, 0.6) is 0 Å². The zero-order valence-electron chi connectivity index (χ0n) is 6.06. The van der Waals surface area contributed by atoms with Crippen molar-refractivity contribution in [2.24, 2.45) is 5.92 Å². The summed E-state index contributed by atoms with van der Waals surface area (Å²) in [5.41, 5.74) is 0. The van der Waals surface area contributed by atoms with Gasteiger partial charge in [-0.25, -0.2) is 0 Å². The van der Waals surface area contributed by atoms with Gasteiger partial charge in [0.1, 0.15) is 0 Å². The summed E-state index contributed by atoms with van der Waals surface area (Å²) in [5, 5.41) is 9.82. The van der Waals surface area contributed by atoms with Crippen LogP contribution in [0.25, 0.3) is 0 Å². The number of carbonyl (C=O) groups excluding carboxylic acids is 1. The molecule has 1 fully saturated rings. The van der Waals surface area contributed by atoms with E-state index in [0.717, 1.165) is 6.42 Å². The average Bonchev–Trinajstić information content (AvgIpc) is 2.41. The summed E-state index contributed by atoms with van der Waals surface area (Å²) in [6.07, 6.45) is 3.55. The van der Waals surface area contributed by atoms with E-state index >= 15 is 0 Å². The van der Waals surface area contributed by atoms with Gasteiger partial charge in [-0.05, 0) is 18.8 Å². The number of carbonyl (C=O) groups is 1. The Morgan fingerprint density at radius 3 is 2.09 bits per heavy atom. The molecule has 0 aromatic heterocycles. The minimum atomic E-state index is -0.906. The molecule has 0 unspecified atom stereocenters. The van der Waals surface area contributed by atoms with E-state index in [1.54, 1.807) is 0 Å². The van der Waals surface area contributed by atoms with Crippen LogP contribution < -0.4 is 39.1 Å². The molecule has 0 saturated heterocycles. The van der Waals surface area contributed by atoms with E-state index in [4.69, 9.17) is 0 Å². The monoisotopic (exact) mass is 386 g/mol. The van der Waals surface area contributed by atoms with E-state index in [1.165, 1.54) is 12.8 Å². The third-order valence-electron chi connectivity index (χ3n) is 1.45. The number of halogens is 2. The normalized spacial score (nSPS) is 13.5. The van der Waals surface area contributed by atoms with Crippen LogP contribution in [0.1, 0.15) is 25.7 Å². The van der Waals surface area contributed by atoms with Crippen LogP contribution in [0.4, 0.5) is 0 Å². The molecule has 5 heteroatoms. The summed E-state index contributed by atoms with van der Waals surface area (Å²) in [6, 6.07) is 0. The van der Waals surface area contributed by atoms with E-state index in [0.29, 0.717) is 5.92 Å². The van der Waals surface area contributed by atoms with Gasteiger partial charge < -0.3 is 43.9 Å². The molecule has 1 aliphatic rings. The number of hydrogen-bond acceptors (Lipinski definition) is 2. The summed E-state index contributed by atoms with van der Waals surface area (Å²) in [5.74, 6) is -0.190. The van der Waals surface area contributed by atoms with Crippen molar-refractivity contribution < 1.29 is 43.9 Å². The molecule has 0 aromatic carbocycles. The Kier molecular flexibility index (Phi) is 15.5. The van der Waals surface area contributed by atoms with Gasteiger partial charge in [0.2, 0.25) is 0 Å². The van der Waals surface area contributed by atoms with E-state index < -0.39 is 5.97 Å². The van der Waals surface area contributed by atoms with Crippen LogP contribution in [-0.2, 0) is 4.79 Å². The van der Waals surface area contributed by atoms with Crippen LogP contribution in [0.3, 0.4) is 0 Å². The molecule has 0 amide bonds. The Hall–Kier alpha value is 1.30. The number of carboxylic acid groups (broad SMARTS) is 1. The minimum Gasteiger partial charge on any atom is -1.00 e. The molecule has 0 aromatic rings. The van der Waals surface area contributed by atoms with Crippen LogP contribution in [0, 0.1) is 5.92 Å². The zero-order valence-corrected chi connectivity index (χ0v) is 12.5. The smallest absolute Gasteiger partial charge is 1.00 e. The largest absolute Gasteiger partial charge is 3.00 e. The fourth-order valence-corrected chi connectivity index (χ4v) is 0.729. The molecule has 0 spiro atoms. The van der Waals surface area contributed by atoms with Gasteiger partial charge in [-0.15, -0.1) is 0 Å². The maximum atomic E-state index is 9.82. The molecular weight excluding hydrogens is 379 g/mol. The third kappa shape index (κ3) is 11.3. The second kappa shape index (κ2) is 9.39. The van der Waals surface area contributed by atoms with E-state index in [9.17, 15) is 9.90 Å². The van der Waals surface area contributed by atoms with Crippen LogP contribution in [-0.4, -0.2) is 31.8 Å². The standard InChI is InChI=1S/C6H10O2.2BrH.In/c7-6(8)4-3-5-1-2-5;;;/h5H,1-4H2,(H,7,8);2*1H;/q;;;+3/p-3. The second-order valence-corrected chi connectivity index (χ2v) is 2.35. The van der Waals surface area contributed by atoms with Crippen molar-refractivity contribution in [3.8, 4) is 0 Å². The Balaban J connectivity index is -0.000000213. The van der Waals surface area contributed by atoms with Gasteiger partial charge in [0.05, 0.1) is 0 Å². The molecule has 1 saturated carbocycles. The Bertz CT molecular complexity index is 107. The molecule has 2 nitrogen and oxygen atoms in total. The first-order valence-electron chi connectivity index (χ1n) is 2.99. The van der Waals surface area contributed by atoms with Gasteiger partial charge in [0, 0.05) is 5.97 Å². The first kappa shape index (κ1) is 18.2. The van der Waals surface area contributed by atoms with Gasteiger partial charge in [0.15, 0.2) is 0 Å². The Labute approximate surface area is 106 Å². The summed E-state index contributed by atoms with van der Waals surface area (Å²) in [6.45, 7) is 0. The van der Waals surface area contributed by atoms with Gasteiger partial charge >= 0.3 is 25.8 Å². The maximum Gasteiger partial charge on any atom is 3.00 e. The van der Waals surface area contributed by atoms with Gasteiger partial charge in [-0.3, -0.25) is 0 Å². The number of rotatable bonds is 3. The molecule has 0 bridgehead atoms. The summed E-state index contributed by atoms with van der Waals surface area (Å²) < 4.78 is 0. The van der Waals surface area contributed by atoms with Crippen molar-refractivity contribution in [1.29, 1.82) is 0 Å².